The van der Waals surface area contributed by atoms with Crippen molar-refractivity contribution in [3.63, 3.8) is 0 Å². The molecule has 18 heavy (non-hydrogen) atoms. The molecule has 0 bridgehead atoms. The Morgan fingerprint density at radius 2 is 1.11 bits per heavy atom. The first kappa shape index (κ1) is 22.3. The van der Waals surface area contributed by atoms with Gasteiger partial charge in [-0.15, -0.1) is 0 Å². The molecule has 0 heterocycles. The standard InChI is InChI=1S/C6H8O7.CH2O3.Sr/c7-3(8)1-6(13,5(11)12)2-4(9)10;2-1(3)4;/h13H,1-2H2,(H,7,8)(H,9,10)(H,11,12);(H2,2,3,4);/q;;+2/p-2. The summed E-state index contributed by atoms with van der Waals surface area (Å²) in [7, 11) is 0. The van der Waals surface area contributed by atoms with Crippen LogP contribution in [0.5, 0.6) is 0 Å². The van der Waals surface area contributed by atoms with E-state index in [-0.39, 0.29) is 45.5 Å². The second-order valence-corrected chi connectivity index (χ2v) is 2.72. The van der Waals surface area contributed by atoms with E-state index in [1.165, 1.54) is 0 Å². The van der Waals surface area contributed by atoms with Gasteiger partial charge in [-0.1, -0.05) is 0 Å². The third-order valence-corrected chi connectivity index (χ3v) is 1.27. The van der Waals surface area contributed by atoms with Crippen molar-refractivity contribution >= 4 is 69.5 Å². The van der Waals surface area contributed by atoms with Gasteiger partial charge in [-0.05, 0) is 0 Å². The van der Waals surface area contributed by atoms with Gasteiger partial charge < -0.3 is 40.2 Å². The molecule has 0 aromatic rings. The summed E-state index contributed by atoms with van der Waals surface area (Å²) < 4.78 is 0. The predicted octanol–water partition coefficient (Wildman–Crippen LogP) is -4.08. The van der Waals surface area contributed by atoms with Crippen LogP contribution in [-0.2, 0) is 14.4 Å². The molecule has 0 unspecified atom stereocenters. The van der Waals surface area contributed by atoms with E-state index in [4.69, 9.17) is 25.2 Å². The summed E-state index contributed by atoms with van der Waals surface area (Å²) in [5, 5.41) is 51.1. The fourth-order valence-electron chi connectivity index (χ4n) is 0.691. The zero-order chi connectivity index (χ0) is 14.2. The molecular formula is C7H8O10Sr. The molecule has 0 aliphatic rings. The first-order chi connectivity index (χ1) is 7.51. The van der Waals surface area contributed by atoms with E-state index in [0.29, 0.717) is 0 Å². The van der Waals surface area contributed by atoms with Crippen molar-refractivity contribution < 1.29 is 49.8 Å². The summed E-state index contributed by atoms with van der Waals surface area (Å²) in [6, 6.07) is 0. The molecule has 0 atom stereocenters. The Bertz CT molecular complexity index is 304. The predicted molar refractivity (Wildman–Crippen MR) is 48.2 cm³/mol. The van der Waals surface area contributed by atoms with E-state index in [0.717, 1.165) is 0 Å². The maximum Gasteiger partial charge on any atom is 2.00 e. The Labute approximate surface area is 137 Å². The number of carbonyl (C=O) groups excluding carboxylic acids is 2. The van der Waals surface area contributed by atoms with Crippen molar-refractivity contribution in [2.24, 2.45) is 0 Å². The van der Waals surface area contributed by atoms with Crippen LogP contribution in [0.25, 0.3) is 0 Å². The maximum absolute atomic E-state index is 10.3. The summed E-state index contributed by atoms with van der Waals surface area (Å²) >= 11 is 0. The minimum absolute atomic E-state index is 0. The van der Waals surface area contributed by atoms with Gasteiger partial charge in [0.25, 0.3) is 0 Å². The molecule has 0 saturated carbocycles. The van der Waals surface area contributed by atoms with E-state index in [1.807, 2.05) is 0 Å². The van der Waals surface area contributed by atoms with Gasteiger partial charge in [0.2, 0.25) is 0 Å². The topological polar surface area (TPSA) is 195 Å². The Balaban J connectivity index is -0.000000392. The van der Waals surface area contributed by atoms with Crippen LogP contribution in [0.3, 0.4) is 0 Å². The van der Waals surface area contributed by atoms with E-state index in [9.17, 15) is 24.6 Å². The average molecular weight is 340 g/mol. The first-order valence-electron chi connectivity index (χ1n) is 3.78. The van der Waals surface area contributed by atoms with Gasteiger partial charge in [0.1, 0.15) is 0 Å². The molecule has 0 rings (SSSR count). The summed E-state index contributed by atoms with van der Waals surface area (Å²) in [6.07, 6.45) is -4.42. The zero-order valence-electron chi connectivity index (χ0n) is 8.86. The second kappa shape index (κ2) is 10.1. The molecule has 0 spiro atoms. The SMILES string of the molecule is O=C(O)O.O=C([O-])CC(O)(CC(=O)[O-])C(=O)O.[Sr+2]. The third kappa shape index (κ3) is 13.2. The molecule has 98 valence electrons. The molecule has 0 amide bonds. The Morgan fingerprint density at radius 3 is 1.22 bits per heavy atom. The van der Waals surface area contributed by atoms with Gasteiger partial charge in [-0.25, -0.2) is 9.59 Å². The number of aliphatic carboxylic acids is 3. The monoisotopic (exact) mass is 340 g/mol. The molecule has 0 fully saturated rings. The van der Waals surface area contributed by atoms with Crippen molar-refractivity contribution in [2.75, 3.05) is 0 Å². The average Bonchev–Trinajstić information content (AvgIpc) is 1.98. The molecule has 11 heteroatoms. The maximum atomic E-state index is 10.3. The summed E-state index contributed by atoms with van der Waals surface area (Å²) in [4.78, 5) is 38.7. The van der Waals surface area contributed by atoms with Gasteiger partial charge in [0.15, 0.2) is 5.60 Å². The van der Waals surface area contributed by atoms with Crippen LogP contribution in [0.2, 0.25) is 0 Å². The first-order valence-corrected chi connectivity index (χ1v) is 3.78. The number of carboxylic acid groups (broad SMARTS) is 5. The number of aliphatic hydroxyl groups is 1. The molecule has 0 aromatic heterocycles. The minimum Gasteiger partial charge on any atom is -0.550 e. The van der Waals surface area contributed by atoms with E-state index >= 15 is 0 Å². The van der Waals surface area contributed by atoms with Crippen LogP contribution in [-0.4, -0.2) is 95.6 Å². The molecule has 0 radical (unpaired) electrons. The Kier molecular flexibility index (Phi) is 12.5. The molecule has 0 aliphatic heterocycles. The molecule has 10 nitrogen and oxygen atoms in total. The Morgan fingerprint density at radius 1 is 0.889 bits per heavy atom. The summed E-state index contributed by atoms with van der Waals surface area (Å²) in [5.74, 6) is -5.65. The third-order valence-electron chi connectivity index (χ3n) is 1.27. The molecule has 0 saturated heterocycles. The molecule has 0 aromatic carbocycles. The fourth-order valence-corrected chi connectivity index (χ4v) is 0.691. The number of hydrogen-bond donors (Lipinski definition) is 4. The van der Waals surface area contributed by atoms with Crippen LogP contribution in [0.4, 0.5) is 4.79 Å². The summed E-state index contributed by atoms with van der Waals surface area (Å²) in [6.45, 7) is 0. The Hall–Kier alpha value is -0.879. The minimum atomic E-state index is -2.86. The second-order valence-electron chi connectivity index (χ2n) is 2.72. The van der Waals surface area contributed by atoms with Crippen molar-refractivity contribution in [3.05, 3.63) is 0 Å². The van der Waals surface area contributed by atoms with E-state index in [1.54, 1.807) is 0 Å². The quantitative estimate of drug-likeness (QED) is 0.357. The van der Waals surface area contributed by atoms with Crippen molar-refractivity contribution in [2.45, 2.75) is 18.4 Å². The number of carboxylic acids is 3. The molecular weight excluding hydrogens is 332 g/mol. The van der Waals surface area contributed by atoms with Gasteiger partial charge in [0.05, 0.1) is 0 Å². The van der Waals surface area contributed by atoms with Crippen LogP contribution >= 0.6 is 0 Å². The zero-order valence-corrected chi connectivity index (χ0v) is 12.3. The van der Waals surface area contributed by atoms with E-state index in [2.05, 4.69) is 0 Å². The van der Waals surface area contributed by atoms with Crippen LogP contribution < -0.4 is 10.2 Å². The van der Waals surface area contributed by atoms with Gasteiger partial charge in [-0.3, -0.25) is 0 Å². The van der Waals surface area contributed by atoms with Crippen LogP contribution in [0.1, 0.15) is 12.8 Å². The fraction of sp³-hybridized carbons (Fsp3) is 0.429. The van der Waals surface area contributed by atoms with Crippen LogP contribution in [0.15, 0.2) is 0 Å². The number of hydrogen-bond acceptors (Lipinski definition) is 7. The van der Waals surface area contributed by atoms with Crippen molar-refractivity contribution in [1.29, 1.82) is 0 Å². The normalized spacial score (nSPS) is 9.17. The number of rotatable bonds is 5. The van der Waals surface area contributed by atoms with Crippen molar-refractivity contribution in [1.82, 2.24) is 0 Å². The smallest absolute Gasteiger partial charge is 0.550 e. The van der Waals surface area contributed by atoms with E-state index < -0.39 is 42.5 Å². The largest absolute Gasteiger partial charge is 2.00 e. The molecule has 0 aliphatic carbocycles. The van der Waals surface area contributed by atoms with Gasteiger partial charge >= 0.3 is 57.6 Å². The summed E-state index contributed by atoms with van der Waals surface area (Å²) in [5.41, 5.74) is -2.86. The van der Waals surface area contributed by atoms with Gasteiger partial charge in [-0.2, -0.15) is 0 Å². The van der Waals surface area contributed by atoms with Gasteiger partial charge in [0, 0.05) is 24.8 Å². The van der Waals surface area contributed by atoms with Crippen molar-refractivity contribution in [3.8, 4) is 0 Å². The molecule has 4 N–H and O–H groups in total. The number of carbonyl (C=O) groups is 4. The van der Waals surface area contributed by atoms with Crippen LogP contribution in [0, 0.1) is 0 Å².